The highest BCUT2D eigenvalue weighted by molar-refractivity contribution is 6.07. The van der Waals surface area contributed by atoms with Crippen LogP contribution in [0.4, 0.5) is 20.2 Å². The monoisotopic (exact) mass is 396 g/mol. The lowest BCUT2D eigenvalue weighted by Gasteiger charge is -2.31. The molecule has 1 aromatic carbocycles. The molecule has 1 fully saturated rings. The van der Waals surface area contributed by atoms with Crippen LogP contribution in [0.5, 0.6) is 0 Å². The highest BCUT2D eigenvalue weighted by Gasteiger charge is 2.25. The molecular weight excluding hydrogens is 374 g/mol. The van der Waals surface area contributed by atoms with Gasteiger partial charge in [0.05, 0.1) is 11.3 Å². The summed E-state index contributed by atoms with van der Waals surface area (Å²) in [5.41, 5.74) is 2.52. The van der Waals surface area contributed by atoms with Gasteiger partial charge in [-0.1, -0.05) is 6.92 Å². The first kappa shape index (κ1) is 19.2. The van der Waals surface area contributed by atoms with Crippen molar-refractivity contribution in [2.75, 3.05) is 18.4 Å². The number of pyridine rings is 2. The first-order valence-electron chi connectivity index (χ1n) is 9.70. The summed E-state index contributed by atoms with van der Waals surface area (Å²) in [6, 6.07) is 7.22. The largest absolute Gasteiger partial charge is 0.354 e. The van der Waals surface area contributed by atoms with Crippen LogP contribution in [-0.4, -0.2) is 33.9 Å². The molecule has 5 nitrogen and oxygen atoms in total. The fourth-order valence-electron chi connectivity index (χ4n) is 3.73. The Labute approximate surface area is 167 Å². The van der Waals surface area contributed by atoms with Gasteiger partial charge in [-0.25, -0.2) is 18.7 Å². The van der Waals surface area contributed by atoms with Crippen molar-refractivity contribution in [1.29, 1.82) is 0 Å². The highest BCUT2D eigenvalue weighted by atomic mass is 19.2. The maximum Gasteiger partial charge on any atom is 0.257 e. The van der Waals surface area contributed by atoms with Crippen molar-refractivity contribution < 1.29 is 13.6 Å². The van der Waals surface area contributed by atoms with Gasteiger partial charge in [-0.2, -0.15) is 0 Å². The summed E-state index contributed by atoms with van der Waals surface area (Å²) in [4.78, 5) is 23.9. The summed E-state index contributed by atoms with van der Waals surface area (Å²) >= 11 is 0. The molecule has 150 valence electrons. The van der Waals surface area contributed by atoms with Crippen molar-refractivity contribution in [1.82, 2.24) is 14.9 Å². The number of likely N-dealkylation sites (tertiary alicyclic amines) is 1. The number of piperidine rings is 1. The van der Waals surface area contributed by atoms with Gasteiger partial charge in [-0.15, -0.1) is 0 Å². The van der Waals surface area contributed by atoms with Crippen molar-refractivity contribution in [2.45, 2.75) is 26.7 Å². The zero-order chi connectivity index (χ0) is 20.5. The van der Waals surface area contributed by atoms with E-state index in [1.165, 1.54) is 12.3 Å². The van der Waals surface area contributed by atoms with Gasteiger partial charge in [0.1, 0.15) is 0 Å². The van der Waals surface area contributed by atoms with Gasteiger partial charge in [0.2, 0.25) is 0 Å². The molecule has 29 heavy (non-hydrogen) atoms. The highest BCUT2D eigenvalue weighted by Crippen LogP contribution is 2.31. The molecule has 0 bridgehead atoms. The van der Waals surface area contributed by atoms with Gasteiger partial charge in [-0.05, 0) is 49.9 Å². The van der Waals surface area contributed by atoms with Crippen LogP contribution in [0.15, 0.2) is 36.5 Å². The van der Waals surface area contributed by atoms with E-state index >= 15 is 0 Å². The number of aryl methyl sites for hydroxylation is 1. The summed E-state index contributed by atoms with van der Waals surface area (Å²) in [5.74, 6) is -1.57. The molecule has 1 saturated heterocycles. The average molecular weight is 396 g/mol. The second-order valence-electron chi connectivity index (χ2n) is 7.62. The van der Waals surface area contributed by atoms with Crippen LogP contribution in [0, 0.1) is 24.5 Å². The first-order chi connectivity index (χ1) is 13.9. The molecule has 4 rings (SSSR count). The van der Waals surface area contributed by atoms with E-state index in [1.54, 1.807) is 0 Å². The van der Waals surface area contributed by atoms with Gasteiger partial charge in [0.25, 0.3) is 5.91 Å². The van der Waals surface area contributed by atoms with Crippen LogP contribution in [0.1, 0.15) is 35.8 Å². The third-order valence-electron chi connectivity index (χ3n) is 5.23. The van der Waals surface area contributed by atoms with E-state index in [2.05, 4.69) is 22.2 Å². The predicted octanol–water partition coefficient (Wildman–Crippen LogP) is 4.83. The van der Waals surface area contributed by atoms with E-state index in [9.17, 15) is 13.6 Å². The Bertz CT molecular complexity index is 1090. The molecule has 0 aliphatic carbocycles. The third kappa shape index (κ3) is 3.90. The van der Waals surface area contributed by atoms with Gasteiger partial charge < -0.3 is 10.2 Å². The number of fused-ring (bicyclic) bond motifs is 1. The first-order valence-corrected chi connectivity index (χ1v) is 9.70. The summed E-state index contributed by atoms with van der Waals surface area (Å²) in [7, 11) is 0. The quantitative estimate of drug-likeness (QED) is 0.689. The minimum atomic E-state index is -0.958. The number of anilines is 2. The Hall–Kier alpha value is -3.09. The summed E-state index contributed by atoms with van der Waals surface area (Å²) in [6.45, 7) is 5.37. The number of rotatable bonds is 3. The molecule has 0 unspecified atom stereocenters. The fraction of sp³-hybridized carbons (Fsp3) is 0.318. The molecule has 1 atom stereocenters. The van der Waals surface area contributed by atoms with Crippen molar-refractivity contribution in [2.24, 2.45) is 5.92 Å². The second kappa shape index (κ2) is 7.73. The van der Waals surface area contributed by atoms with Crippen LogP contribution in [0.2, 0.25) is 0 Å². The summed E-state index contributed by atoms with van der Waals surface area (Å²) in [5, 5.41) is 3.75. The van der Waals surface area contributed by atoms with Crippen LogP contribution >= 0.6 is 0 Å². The number of halogens is 2. The van der Waals surface area contributed by atoms with Crippen molar-refractivity contribution in [3.05, 3.63) is 59.4 Å². The number of nitrogens with one attached hydrogen (secondary N) is 1. The zero-order valence-corrected chi connectivity index (χ0v) is 16.4. The molecular formula is C22H22F2N4O. The molecule has 1 aliphatic heterocycles. The van der Waals surface area contributed by atoms with Gasteiger partial charge in [-0.3, -0.25) is 4.79 Å². The standard InChI is InChI=1S/C22H22F2N4O/c1-13-4-3-9-28(12-13)22(29)17-11-25-21-16(7-5-14(2)26-21)20(17)27-15-6-8-18(23)19(24)10-15/h5-8,10-11,13H,3-4,9,12H2,1-2H3,(H,25,26,27)/t13-/m1/s1. The van der Waals surface area contributed by atoms with Crippen molar-refractivity contribution in [3.8, 4) is 0 Å². The van der Waals surface area contributed by atoms with E-state index in [-0.39, 0.29) is 5.91 Å². The molecule has 0 saturated carbocycles. The van der Waals surface area contributed by atoms with Crippen LogP contribution in [0.3, 0.4) is 0 Å². The summed E-state index contributed by atoms with van der Waals surface area (Å²) < 4.78 is 27.1. The van der Waals surface area contributed by atoms with E-state index in [1.807, 2.05) is 24.0 Å². The smallest absolute Gasteiger partial charge is 0.257 e. The van der Waals surface area contributed by atoms with Crippen LogP contribution < -0.4 is 5.32 Å². The maximum absolute atomic E-state index is 13.7. The van der Waals surface area contributed by atoms with Gasteiger partial charge in [0, 0.05) is 42.1 Å². The van der Waals surface area contributed by atoms with Crippen LogP contribution in [-0.2, 0) is 0 Å². The van der Waals surface area contributed by atoms with E-state index in [4.69, 9.17) is 0 Å². The van der Waals surface area contributed by atoms with E-state index < -0.39 is 11.6 Å². The van der Waals surface area contributed by atoms with Crippen LogP contribution in [0.25, 0.3) is 11.0 Å². The minimum absolute atomic E-state index is 0.128. The lowest BCUT2D eigenvalue weighted by Crippen LogP contribution is -2.39. The Kier molecular flexibility index (Phi) is 5.13. The van der Waals surface area contributed by atoms with Gasteiger partial charge in [0.15, 0.2) is 17.3 Å². The Morgan fingerprint density at radius 2 is 2.03 bits per heavy atom. The van der Waals surface area contributed by atoms with E-state index in [0.29, 0.717) is 47.0 Å². The van der Waals surface area contributed by atoms with Crippen molar-refractivity contribution >= 4 is 28.3 Å². The number of hydrogen-bond donors (Lipinski definition) is 1. The fourth-order valence-corrected chi connectivity index (χ4v) is 3.73. The Morgan fingerprint density at radius 1 is 1.21 bits per heavy atom. The molecule has 1 amide bonds. The normalized spacial score (nSPS) is 16.8. The number of carbonyl (C=O) groups excluding carboxylic acids is 1. The number of hydrogen-bond acceptors (Lipinski definition) is 4. The van der Waals surface area contributed by atoms with E-state index in [0.717, 1.165) is 30.7 Å². The minimum Gasteiger partial charge on any atom is -0.354 e. The molecule has 0 radical (unpaired) electrons. The lowest BCUT2D eigenvalue weighted by atomic mass is 9.99. The molecule has 3 heterocycles. The molecule has 2 aromatic heterocycles. The molecule has 1 aliphatic rings. The summed E-state index contributed by atoms with van der Waals surface area (Å²) in [6.07, 6.45) is 3.57. The predicted molar refractivity (Wildman–Crippen MR) is 108 cm³/mol. The van der Waals surface area contributed by atoms with Gasteiger partial charge >= 0.3 is 0 Å². The molecule has 1 N–H and O–H groups in total. The lowest BCUT2D eigenvalue weighted by molar-refractivity contribution is 0.0684. The molecule has 3 aromatic rings. The number of carbonyl (C=O) groups is 1. The number of amides is 1. The Balaban J connectivity index is 1.80. The molecule has 7 heteroatoms. The SMILES string of the molecule is Cc1ccc2c(Nc3ccc(F)c(F)c3)c(C(=O)N3CCC[C@@H](C)C3)cnc2n1. The molecule has 0 spiro atoms. The second-order valence-corrected chi connectivity index (χ2v) is 7.62. The topological polar surface area (TPSA) is 58.1 Å². The number of aromatic nitrogens is 2. The number of nitrogens with zero attached hydrogens (tertiary/aromatic N) is 3. The third-order valence-corrected chi connectivity index (χ3v) is 5.23. The number of benzene rings is 1. The Morgan fingerprint density at radius 3 is 2.79 bits per heavy atom. The maximum atomic E-state index is 13.7. The zero-order valence-electron chi connectivity index (χ0n) is 16.4. The average Bonchev–Trinajstić information content (AvgIpc) is 2.70. The van der Waals surface area contributed by atoms with Crippen molar-refractivity contribution in [3.63, 3.8) is 0 Å².